The number of sulfone groups is 1. The number of hydrogen-bond acceptors (Lipinski definition) is 4. The molecule has 1 aromatic rings. The fourth-order valence-electron chi connectivity index (χ4n) is 1.80. The molecule has 0 amide bonds. The van der Waals surface area contributed by atoms with Crippen molar-refractivity contribution in [3.05, 3.63) is 35.4 Å². The van der Waals surface area contributed by atoms with E-state index in [4.69, 9.17) is 4.74 Å². The van der Waals surface area contributed by atoms with Crippen molar-refractivity contribution < 1.29 is 17.9 Å². The van der Waals surface area contributed by atoms with Crippen LogP contribution in [0.25, 0.3) is 0 Å². The van der Waals surface area contributed by atoms with E-state index in [1.807, 2.05) is 25.1 Å². The predicted molar refractivity (Wildman–Crippen MR) is 74.5 cm³/mol. The molecule has 0 aromatic heterocycles. The fourth-order valence-corrected chi connectivity index (χ4v) is 3.61. The highest BCUT2D eigenvalue weighted by Crippen LogP contribution is 2.14. The van der Waals surface area contributed by atoms with Gasteiger partial charge in [-0.25, -0.2) is 8.42 Å². The number of esters is 1. The van der Waals surface area contributed by atoms with Gasteiger partial charge >= 0.3 is 5.97 Å². The highest BCUT2D eigenvalue weighted by Gasteiger charge is 2.23. The molecule has 0 spiro atoms. The molecule has 4 nitrogen and oxygen atoms in total. The standard InChI is InChI=1S/C14H20O4S/c1-4-18-14(15)12(3)9-19(16,17)10-13-8-6-5-7-11(13)2/h5-8,12H,4,9-10H2,1-3H3. The van der Waals surface area contributed by atoms with E-state index in [0.717, 1.165) is 11.1 Å². The van der Waals surface area contributed by atoms with Crippen LogP contribution in [0.4, 0.5) is 0 Å². The molecule has 0 aliphatic rings. The third-order valence-electron chi connectivity index (χ3n) is 2.83. The molecule has 0 bridgehead atoms. The highest BCUT2D eigenvalue weighted by atomic mass is 32.2. The van der Waals surface area contributed by atoms with E-state index >= 15 is 0 Å². The van der Waals surface area contributed by atoms with Crippen molar-refractivity contribution in [1.29, 1.82) is 0 Å². The minimum Gasteiger partial charge on any atom is -0.466 e. The van der Waals surface area contributed by atoms with Gasteiger partial charge in [0, 0.05) is 0 Å². The van der Waals surface area contributed by atoms with E-state index in [2.05, 4.69) is 0 Å². The summed E-state index contributed by atoms with van der Waals surface area (Å²) in [7, 11) is -3.32. The van der Waals surface area contributed by atoms with Gasteiger partial charge in [-0.05, 0) is 25.0 Å². The number of carbonyl (C=O) groups excluding carboxylic acids is 1. The summed E-state index contributed by atoms with van der Waals surface area (Å²) in [5.74, 6) is -1.31. The molecule has 0 N–H and O–H groups in total. The first-order valence-electron chi connectivity index (χ1n) is 6.27. The van der Waals surface area contributed by atoms with Gasteiger partial charge in [-0.2, -0.15) is 0 Å². The lowest BCUT2D eigenvalue weighted by Crippen LogP contribution is -2.24. The smallest absolute Gasteiger partial charge is 0.309 e. The molecule has 0 fully saturated rings. The lowest BCUT2D eigenvalue weighted by molar-refractivity contribution is -0.146. The van der Waals surface area contributed by atoms with Crippen molar-refractivity contribution in [3.63, 3.8) is 0 Å². The van der Waals surface area contributed by atoms with E-state index in [1.54, 1.807) is 19.9 Å². The molecule has 0 saturated heterocycles. The first kappa shape index (κ1) is 15.7. The van der Waals surface area contributed by atoms with E-state index in [1.165, 1.54) is 0 Å². The molecule has 1 aromatic carbocycles. The van der Waals surface area contributed by atoms with Gasteiger partial charge in [0.15, 0.2) is 9.84 Å². The summed E-state index contributed by atoms with van der Waals surface area (Å²) < 4.78 is 28.9. The Bertz CT molecular complexity index is 534. The topological polar surface area (TPSA) is 60.4 Å². The average molecular weight is 284 g/mol. The Morgan fingerprint density at radius 2 is 1.95 bits per heavy atom. The van der Waals surface area contributed by atoms with Crippen molar-refractivity contribution >= 4 is 15.8 Å². The molecule has 0 saturated carbocycles. The second-order valence-electron chi connectivity index (χ2n) is 4.63. The molecular formula is C14H20O4S. The summed E-state index contributed by atoms with van der Waals surface area (Å²) in [5.41, 5.74) is 1.72. The second kappa shape index (κ2) is 6.70. The summed E-state index contributed by atoms with van der Waals surface area (Å²) in [4.78, 5) is 11.5. The minimum atomic E-state index is -3.32. The van der Waals surface area contributed by atoms with Crippen LogP contribution in [-0.4, -0.2) is 26.7 Å². The van der Waals surface area contributed by atoms with E-state index in [0.29, 0.717) is 0 Å². The number of benzene rings is 1. The van der Waals surface area contributed by atoms with Crippen LogP contribution in [0, 0.1) is 12.8 Å². The van der Waals surface area contributed by atoms with E-state index < -0.39 is 21.7 Å². The van der Waals surface area contributed by atoms with Crippen LogP contribution in [0.1, 0.15) is 25.0 Å². The van der Waals surface area contributed by atoms with Gasteiger partial charge < -0.3 is 4.74 Å². The summed E-state index contributed by atoms with van der Waals surface area (Å²) >= 11 is 0. The number of rotatable bonds is 6. The zero-order chi connectivity index (χ0) is 14.5. The van der Waals surface area contributed by atoms with Crippen LogP contribution in [0.5, 0.6) is 0 Å². The van der Waals surface area contributed by atoms with Crippen LogP contribution in [0.3, 0.4) is 0 Å². The quantitative estimate of drug-likeness (QED) is 0.751. The van der Waals surface area contributed by atoms with Crippen LogP contribution in [-0.2, 0) is 25.1 Å². The Morgan fingerprint density at radius 3 is 2.53 bits per heavy atom. The Hall–Kier alpha value is -1.36. The third kappa shape index (κ3) is 5.03. The molecule has 1 unspecified atom stereocenters. The molecule has 5 heteroatoms. The number of ether oxygens (including phenoxy) is 1. The Balaban J connectivity index is 2.72. The van der Waals surface area contributed by atoms with Gasteiger partial charge in [-0.15, -0.1) is 0 Å². The van der Waals surface area contributed by atoms with Crippen LogP contribution in [0.2, 0.25) is 0 Å². The van der Waals surface area contributed by atoms with E-state index in [9.17, 15) is 13.2 Å². The predicted octanol–water partition coefficient (Wildman–Crippen LogP) is 2.11. The lowest BCUT2D eigenvalue weighted by Gasteiger charge is -2.12. The maximum atomic E-state index is 12.1. The third-order valence-corrected chi connectivity index (χ3v) is 4.59. The van der Waals surface area contributed by atoms with Gasteiger partial charge in [0.2, 0.25) is 0 Å². The summed E-state index contributed by atoms with van der Waals surface area (Å²) in [6.07, 6.45) is 0. The van der Waals surface area contributed by atoms with E-state index in [-0.39, 0.29) is 18.1 Å². The van der Waals surface area contributed by atoms with Crippen molar-refractivity contribution in [1.82, 2.24) is 0 Å². The molecule has 1 atom stereocenters. The minimum absolute atomic E-state index is 0.0383. The van der Waals surface area contributed by atoms with Gasteiger partial charge in [0.1, 0.15) is 0 Å². The SMILES string of the molecule is CCOC(=O)C(C)CS(=O)(=O)Cc1ccccc1C. The van der Waals surface area contributed by atoms with Crippen molar-refractivity contribution in [2.75, 3.05) is 12.4 Å². The van der Waals surface area contributed by atoms with Gasteiger partial charge in [0.05, 0.1) is 24.0 Å². The molecule has 106 valence electrons. The molecule has 0 aliphatic carbocycles. The molecule has 19 heavy (non-hydrogen) atoms. The van der Waals surface area contributed by atoms with Crippen LogP contribution in [0.15, 0.2) is 24.3 Å². The molecule has 0 aliphatic heterocycles. The first-order chi connectivity index (χ1) is 8.85. The molecule has 0 heterocycles. The largest absolute Gasteiger partial charge is 0.466 e. The monoisotopic (exact) mass is 284 g/mol. The van der Waals surface area contributed by atoms with Crippen LogP contribution < -0.4 is 0 Å². The molecule has 0 radical (unpaired) electrons. The number of carbonyl (C=O) groups is 1. The summed E-state index contributed by atoms with van der Waals surface area (Å²) in [6, 6.07) is 7.35. The molecule has 1 rings (SSSR count). The van der Waals surface area contributed by atoms with Crippen molar-refractivity contribution in [2.45, 2.75) is 26.5 Å². The normalized spacial score (nSPS) is 13.0. The maximum Gasteiger partial charge on any atom is 0.309 e. The van der Waals surface area contributed by atoms with Crippen molar-refractivity contribution in [3.8, 4) is 0 Å². The van der Waals surface area contributed by atoms with Gasteiger partial charge in [0.25, 0.3) is 0 Å². The zero-order valence-electron chi connectivity index (χ0n) is 11.5. The lowest BCUT2D eigenvalue weighted by atomic mass is 10.1. The Kier molecular flexibility index (Phi) is 5.54. The van der Waals surface area contributed by atoms with Crippen LogP contribution >= 0.6 is 0 Å². The summed E-state index contributed by atoms with van der Waals surface area (Å²) in [6.45, 7) is 5.42. The zero-order valence-corrected chi connectivity index (χ0v) is 12.4. The average Bonchev–Trinajstić information content (AvgIpc) is 2.31. The Labute approximate surface area is 114 Å². The summed E-state index contributed by atoms with van der Waals surface area (Å²) in [5, 5.41) is 0. The fraction of sp³-hybridized carbons (Fsp3) is 0.500. The van der Waals surface area contributed by atoms with Gasteiger partial charge in [-0.1, -0.05) is 31.2 Å². The van der Waals surface area contributed by atoms with Crippen molar-refractivity contribution in [2.24, 2.45) is 5.92 Å². The Morgan fingerprint density at radius 1 is 1.32 bits per heavy atom. The first-order valence-corrected chi connectivity index (χ1v) is 8.09. The highest BCUT2D eigenvalue weighted by molar-refractivity contribution is 7.90. The van der Waals surface area contributed by atoms with Gasteiger partial charge in [-0.3, -0.25) is 4.79 Å². The molecular weight excluding hydrogens is 264 g/mol. The second-order valence-corrected chi connectivity index (χ2v) is 6.74. The number of aryl methyl sites for hydroxylation is 1. The maximum absolute atomic E-state index is 12.1. The number of hydrogen-bond donors (Lipinski definition) is 0.